The highest BCUT2D eigenvalue weighted by molar-refractivity contribution is 5.75. The van der Waals surface area contributed by atoms with E-state index in [4.69, 9.17) is 0 Å². The molecule has 0 aliphatic heterocycles. The second-order valence-electron chi connectivity index (χ2n) is 8.95. The van der Waals surface area contributed by atoms with Crippen molar-refractivity contribution in [1.29, 1.82) is 0 Å². The molecular formula is C20H28O2. The molecule has 0 amide bonds. The predicted octanol–water partition coefficient (Wildman–Crippen LogP) is 4.96. The molecule has 2 nitrogen and oxygen atoms in total. The molecule has 4 aliphatic rings. The van der Waals surface area contributed by atoms with E-state index in [1.54, 1.807) is 5.57 Å². The van der Waals surface area contributed by atoms with Gasteiger partial charge in [0.15, 0.2) is 0 Å². The number of rotatable bonds is 1. The highest BCUT2D eigenvalue weighted by atomic mass is 16.4. The molecule has 4 aliphatic carbocycles. The lowest BCUT2D eigenvalue weighted by molar-refractivity contribution is -0.161. The van der Waals surface area contributed by atoms with Crippen LogP contribution in [0, 0.1) is 28.1 Å². The zero-order valence-electron chi connectivity index (χ0n) is 14.0. The third-order valence-electron chi connectivity index (χ3n) is 7.90. The SMILES string of the molecule is C=C1C[C@]23CC[C@H]4C(C)(C(=O)O)CCC[C@]4(C)C2=CC[C@@H]1C3. The van der Waals surface area contributed by atoms with Gasteiger partial charge in [0.2, 0.25) is 0 Å². The first kappa shape index (κ1) is 14.5. The number of hydrogen-bond acceptors (Lipinski definition) is 1. The van der Waals surface area contributed by atoms with Gasteiger partial charge < -0.3 is 5.11 Å². The zero-order chi connectivity index (χ0) is 15.8. The molecule has 3 saturated carbocycles. The largest absolute Gasteiger partial charge is 0.481 e. The van der Waals surface area contributed by atoms with Crippen LogP contribution in [-0.4, -0.2) is 11.1 Å². The summed E-state index contributed by atoms with van der Waals surface area (Å²) in [5, 5.41) is 9.89. The van der Waals surface area contributed by atoms with E-state index in [2.05, 4.69) is 19.6 Å². The minimum atomic E-state index is -0.579. The van der Waals surface area contributed by atoms with Crippen LogP contribution in [0.25, 0.3) is 0 Å². The average Bonchev–Trinajstić information content (AvgIpc) is 2.68. The van der Waals surface area contributed by atoms with Crippen molar-refractivity contribution in [1.82, 2.24) is 0 Å². The van der Waals surface area contributed by atoms with E-state index < -0.39 is 11.4 Å². The third kappa shape index (κ3) is 1.59. The maximum absolute atomic E-state index is 12.0. The van der Waals surface area contributed by atoms with Gasteiger partial charge in [-0.3, -0.25) is 4.79 Å². The molecule has 0 aromatic heterocycles. The van der Waals surface area contributed by atoms with Gasteiger partial charge in [-0.25, -0.2) is 0 Å². The maximum Gasteiger partial charge on any atom is 0.309 e. The van der Waals surface area contributed by atoms with E-state index in [9.17, 15) is 9.90 Å². The van der Waals surface area contributed by atoms with Gasteiger partial charge in [-0.15, -0.1) is 0 Å². The molecule has 120 valence electrons. The second-order valence-corrected chi connectivity index (χ2v) is 8.95. The van der Waals surface area contributed by atoms with Crippen molar-refractivity contribution < 1.29 is 9.90 Å². The highest BCUT2D eigenvalue weighted by Crippen LogP contribution is 2.70. The van der Waals surface area contributed by atoms with Gasteiger partial charge in [-0.2, -0.15) is 0 Å². The molecule has 5 atom stereocenters. The van der Waals surface area contributed by atoms with Crippen LogP contribution in [0.3, 0.4) is 0 Å². The first-order valence-corrected chi connectivity index (χ1v) is 8.94. The summed E-state index contributed by atoms with van der Waals surface area (Å²) in [5.41, 5.74) is 2.96. The Bertz CT molecular complexity index is 589. The first-order chi connectivity index (χ1) is 10.3. The van der Waals surface area contributed by atoms with Crippen molar-refractivity contribution in [2.24, 2.45) is 28.1 Å². The lowest BCUT2D eigenvalue weighted by atomic mass is 9.44. The van der Waals surface area contributed by atoms with Crippen molar-refractivity contribution in [2.75, 3.05) is 0 Å². The number of fused-ring (bicyclic) bond motifs is 3. The molecule has 0 radical (unpaired) electrons. The molecule has 2 heteroatoms. The van der Waals surface area contributed by atoms with Gasteiger partial charge in [-0.05, 0) is 74.5 Å². The van der Waals surface area contributed by atoms with Crippen molar-refractivity contribution in [3.05, 3.63) is 23.8 Å². The van der Waals surface area contributed by atoms with Crippen LogP contribution in [-0.2, 0) is 4.79 Å². The number of hydrogen-bond donors (Lipinski definition) is 1. The summed E-state index contributed by atoms with van der Waals surface area (Å²) in [7, 11) is 0. The summed E-state index contributed by atoms with van der Waals surface area (Å²) >= 11 is 0. The van der Waals surface area contributed by atoms with Crippen molar-refractivity contribution in [2.45, 2.75) is 65.2 Å². The van der Waals surface area contributed by atoms with Crippen LogP contribution in [0.15, 0.2) is 23.8 Å². The standard InChI is InChI=1S/C20H28O2/c1-13-11-20-10-7-15-18(2,16(20)6-5-14(13)12-20)8-4-9-19(15,3)17(21)22/h6,14-15H,1,4-5,7-12H2,2-3H3,(H,21,22)/t14-,15-,18+,19?,20+/m1/s1. The monoisotopic (exact) mass is 300 g/mol. The molecule has 1 N–H and O–H groups in total. The van der Waals surface area contributed by atoms with Gasteiger partial charge >= 0.3 is 5.97 Å². The molecule has 2 bridgehead atoms. The molecule has 4 rings (SSSR count). The minimum absolute atomic E-state index is 0.0965. The summed E-state index contributed by atoms with van der Waals surface area (Å²) in [6.45, 7) is 8.73. The predicted molar refractivity (Wildman–Crippen MR) is 87.4 cm³/mol. The lowest BCUT2D eigenvalue weighted by Gasteiger charge is -2.60. The topological polar surface area (TPSA) is 37.3 Å². The molecule has 0 aromatic rings. The fourth-order valence-electron chi connectivity index (χ4n) is 6.87. The molecule has 3 fully saturated rings. The highest BCUT2D eigenvalue weighted by Gasteiger charge is 2.62. The number of carboxylic acids is 1. The Morgan fingerprint density at radius 3 is 2.82 bits per heavy atom. The molecule has 0 saturated heterocycles. The Labute approximate surface area is 133 Å². The molecule has 1 unspecified atom stereocenters. The summed E-state index contributed by atoms with van der Waals surface area (Å²) in [5.74, 6) is 0.413. The Morgan fingerprint density at radius 1 is 1.32 bits per heavy atom. The zero-order valence-corrected chi connectivity index (χ0v) is 14.0. The van der Waals surface area contributed by atoms with Crippen LogP contribution in [0.4, 0.5) is 0 Å². The number of carbonyl (C=O) groups is 1. The summed E-state index contributed by atoms with van der Waals surface area (Å²) in [4.78, 5) is 12.0. The second kappa shape index (κ2) is 4.27. The minimum Gasteiger partial charge on any atom is -0.481 e. The normalized spacial score (nSPS) is 50.1. The Hall–Kier alpha value is -1.05. The van der Waals surface area contributed by atoms with Crippen molar-refractivity contribution in [3.63, 3.8) is 0 Å². The number of carboxylic acid groups (broad SMARTS) is 1. The molecule has 22 heavy (non-hydrogen) atoms. The van der Waals surface area contributed by atoms with Crippen LogP contribution in [0.1, 0.15) is 65.2 Å². The Kier molecular flexibility index (Phi) is 2.82. The van der Waals surface area contributed by atoms with Crippen LogP contribution < -0.4 is 0 Å². The van der Waals surface area contributed by atoms with Crippen LogP contribution in [0.2, 0.25) is 0 Å². The van der Waals surface area contributed by atoms with Gasteiger partial charge in [-0.1, -0.05) is 37.1 Å². The van der Waals surface area contributed by atoms with Gasteiger partial charge in [0.05, 0.1) is 5.41 Å². The van der Waals surface area contributed by atoms with Crippen molar-refractivity contribution in [3.8, 4) is 0 Å². The smallest absolute Gasteiger partial charge is 0.309 e. The van der Waals surface area contributed by atoms with Crippen molar-refractivity contribution >= 4 is 5.97 Å². The van der Waals surface area contributed by atoms with Gasteiger partial charge in [0.25, 0.3) is 0 Å². The molecule has 0 aromatic carbocycles. The van der Waals surface area contributed by atoms with E-state index in [1.165, 1.54) is 24.8 Å². The fourth-order valence-corrected chi connectivity index (χ4v) is 6.87. The molecular weight excluding hydrogens is 272 g/mol. The number of aliphatic carboxylic acids is 1. The Balaban J connectivity index is 1.80. The fraction of sp³-hybridized carbons (Fsp3) is 0.750. The number of allylic oxidation sites excluding steroid dienone is 3. The van der Waals surface area contributed by atoms with E-state index in [-0.39, 0.29) is 5.41 Å². The maximum atomic E-state index is 12.0. The Morgan fingerprint density at radius 2 is 2.09 bits per heavy atom. The summed E-state index contributed by atoms with van der Waals surface area (Å²) < 4.78 is 0. The lowest BCUT2D eigenvalue weighted by Crippen LogP contribution is -2.54. The first-order valence-electron chi connectivity index (χ1n) is 8.94. The third-order valence-corrected chi connectivity index (χ3v) is 7.90. The van der Waals surface area contributed by atoms with Gasteiger partial charge in [0, 0.05) is 0 Å². The summed E-state index contributed by atoms with van der Waals surface area (Å²) in [6, 6.07) is 0. The van der Waals surface area contributed by atoms with E-state index in [0.29, 0.717) is 17.3 Å². The van der Waals surface area contributed by atoms with Crippen LogP contribution in [0.5, 0.6) is 0 Å². The van der Waals surface area contributed by atoms with E-state index in [0.717, 1.165) is 32.1 Å². The van der Waals surface area contributed by atoms with E-state index >= 15 is 0 Å². The molecule has 0 heterocycles. The quantitative estimate of drug-likeness (QED) is 0.695. The molecule has 1 spiro atoms. The van der Waals surface area contributed by atoms with E-state index in [1.807, 2.05) is 6.92 Å². The summed E-state index contributed by atoms with van der Waals surface area (Å²) in [6.07, 6.45) is 11.4. The van der Waals surface area contributed by atoms with Gasteiger partial charge in [0.1, 0.15) is 0 Å². The van der Waals surface area contributed by atoms with Crippen LogP contribution >= 0.6 is 0 Å². The average molecular weight is 300 g/mol.